The zero-order valence-corrected chi connectivity index (χ0v) is 12.4. The molecule has 114 valence electrons. The Bertz CT molecular complexity index is 587. The van der Waals surface area contributed by atoms with E-state index in [1.807, 2.05) is 12.1 Å². The van der Waals surface area contributed by atoms with Gasteiger partial charge in [-0.05, 0) is 28.4 Å². The van der Waals surface area contributed by atoms with Crippen LogP contribution in [0.2, 0.25) is 0 Å². The molecule has 7 nitrogen and oxygen atoms in total. The molecular formula is C13H18ClN5O2. The van der Waals surface area contributed by atoms with Crippen LogP contribution < -0.4 is 16.4 Å². The molecule has 0 unspecified atom stereocenters. The zero-order valence-electron chi connectivity index (χ0n) is 11.6. The summed E-state index contributed by atoms with van der Waals surface area (Å²) in [7, 11) is 0. The van der Waals surface area contributed by atoms with E-state index < -0.39 is 0 Å². The SMILES string of the molecule is Cc1ccccc1CNCCNC(=O)c1nonc1N.Cl. The Morgan fingerprint density at radius 2 is 2.05 bits per heavy atom. The highest BCUT2D eigenvalue weighted by Gasteiger charge is 2.14. The molecule has 8 heteroatoms. The average molecular weight is 312 g/mol. The maximum atomic E-state index is 11.6. The van der Waals surface area contributed by atoms with E-state index in [1.165, 1.54) is 11.1 Å². The number of nitrogen functional groups attached to an aromatic ring is 1. The van der Waals surface area contributed by atoms with Crippen LogP contribution in [0.5, 0.6) is 0 Å². The van der Waals surface area contributed by atoms with Gasteiger partial charge in [-0.3, -0.25) is 4.79 Å². The van der Waals surface area contributed by atoms with Crippen molar-refractivity contribution in [2.45, 2.75) is 13.5 Å². The van der Waals surface area contributed by atoms with Crippen LogP contribution in [-0.2, 0) is 6.54 Å². The maximum absolute atomic E-state index is 11.6. The number of halogens is 1. The van der Waals surface area contributed by atoms with Crippen LogP contribution in [0.25, 0.3) is 0 Å². The largest absolute Gasteiger partial charge is 0.379 e. The number of benzene rings is 1. The number of aryl methyl sites for hydroxylation is 1. The fraction of sp³-hybridized carbons (Fsp3) is 0.308. The Kier molecular flexibility index (Phi) is 6.64. The van der Waals surface area contributed by atoms with Gasteiger partial charge in [0.25, 0.3) is 5.91 Å². The standard InChI is InChI=1S/C13H17N5O2.ClH/c1-9-4-2-3-5-10(9)8-15-6-7-16-13(19)11-12(14)18-20-17-11;/h2-5,15H,6-8H2,1H3,(H2,14,18)(H,16,19);1H. The summed E-state index contributed by atoms with van der Waals surface area (Å²) in [5.74, 6) is -0.392. The van der Waals surface area contributed by atoms with Crippen molar-refractivity contribution in [3.63, 3.8) is 0 Å². The number of carbonyl (C=O) groups is 1. The third-order valence-corrected chi connectivity index (χ3v) is 2.89. The lowest BCUT2D eigenvalue weighted by Gasteiger charge is -2.08. The minimum atomic E-state index is -0.388. The number of aromatic nitrogens is 2. The molecule has 0 saturated carbocycles. The molecule has 0 aliphatic carbocycles. The van der Waals surface area contributed by atoms with Crippen LogP contribution in [0.4, 0.5) is 5.82 Å². The highest BCUT2D eigenvalue weighted by atomic mass is 35.5. The summed E-state index contributed by atoms with van der Waals surface area (Å²) < 4.78 is 4.36. The van der Waals surface area contributed by atoms with E-state index in [2.05, 4.69) is 44.6 Å². The van der Waals surface area contributed by atoms with E-state index in [0.29, 0.717) is 13.1 Å². The quantitative estimate of drug-likeness (QED) is 0.684. The van der Waals surface area contributed by atoms with Crippen molar-refractivity contribution in [2.75, 3.05) is 18.8 Å². The Morgan fingerprint density at radius 3 is 2.71 bits per heavy atom. The number of nitrogens with two attached hydrogens (primary N) is 1. The molecule has 0 aliphatic rings. The van der Waals surface area contributed by atoms with Gasteiger partial charge in [-0.25, -0.2) is 4.63 Å². The maximum Gasteiger partial charge on any atom is 0.277 e. The molecule has 1 aromatic heterocycles. The molecule has 2 aromatic rings. The van der Waals surface area contributed by atoms with Gasteiger partial charge < -0.3 is 16.4 Å². The van der Waals surface area contributed by atoms with Crippen LogP contribution in [0.15, 0.2) is 28.9 Å². The minimum absolute atomic E-state index is 0. The number of nitrogens with zero attached hydrogens (tertiary/aromatic N) is 2. The van der Waals surface area contributed by atoms with Gasteiger partial charge in [-0.15, -0.1) is 12.4 Å². The van der Waals surface area contributed by atoms with Gasteiger partial charge in [0, 0.05) is 19.6 Å². The Morgan fingerprint density at radius 1 is 1.29 bits per heavy atom. The molecule has 2 rings (SSSR count). The summed E-state index contributed by atoms with van der Waals surface area (Å²) in [5.41, 5.74) is 7.92. The third kappa shape index (κ3) is 4.73. The summed E-state index contributed by atoms with van der Waals surface area (Å²) in [6.07, 6.45) is 0. The molecule has 0 radical (unpaired) electrons. The molecular weight excluding hydrogens is 294 g/mol. The first kappa shape index (κ1) is 16.9. The number of rotatable bonds is 6. The van der Waals surface area contributed by atoms with Crippen molar-refractivity contribution >= 4 is 24.1 Å². The summed E-state index contributed by atoms with van der Waals surface area (Å²) >= 11 is 0. The molecule has 21 heavy (non-hydrogen) atoms. The molecule has 0 aliphatic heterocycles. The van der Waals surface area contributed by atoms with Crippen molar-refractivity contribution in [1.29, 1.82) is 0 Å². The Labute approximate surface area is 128 Å². The minimum Gasteiger partial charge on any atom is -0.379 e. The van der Waals surface area contributed by atoms with Crippen LogP contribution in [0, 0.1) is 6.92 Å². The number of carbonyl (C=O) groups excluding carboxylic acids is 1. The normalized spacial score (nSPS) is 9.95. The molecule has 1 aromatic carbocycles. The first-order valence-corrected chi connectivity index (χ1v) is 6.30. The zero-order chi connectivity index (χ0) is 14.4. The predicted octanol–water partition coefficient (Wildman–Crippen LogP) is 0.902. The highest BCUT2D eigenvalue weighted by Crippen LogP contribution is 2.05. The smallest absolute Gasteiger partial charge is 0.277 e. The van der Waals surface area contributed by atoms with E-state index in [9.17, 15) is 4.79 Å². The van der Waals surface area contributed by atoms with Gasteiger partial charge in [0.2, 0.25) is 11.5 Å². The lowest BCUT2D eigenvalue weighted by Crippen LogP contribution is -2.32. The Balaban J connectivity index is 0.00000220. The van der Waals surface area contributed by atoms with Crippen LogP contribution >= 0.6 is 12.4 Å². The second kappa shape index (κ2) is 8.23. The summed E-state index contributed by atoms with van der Waals surface area (Å²) in [6, 6.07) is 8.16. The molecule has 0 saturated heterocycles. The topological polar surface area (TPSA) is 106 Å². The number of hydrogen-bond donors (Lipinski definition) is 3. The predicted molar refractivity (Wildman–Crippen MR) is 81.2 cm³/mol. The van der Waals surface area contributed by atoms with Crippen LogP contribution in [-0.4, -0.2) is 29.3 Å². The summed E-state index contributed by atoms with van der Waals surface area (Å²) in [5, 5.41) is 12.7. The van der Waals surface area contributed by atoms with Gasteiger partial charge in [0.15, 0.2) is 0 Å². The van der Waals surface area contributed by atoms with Crippen molar-refractivity contribution in [1.82, 2.24) is 20.9 Å². The number of amides is 1. The average Bonchev–Trinajstić information content (AvgIpc) is 2.86. The van der Waals surface area contributed by atoms with Crippen molar-refractivity contribution in [3.8, 4) is 0 Å². The molecule has 4 N–H and O–H groups in total. The molecule has 1 heterocycles. The molecule has 0 bridgehead atoms. The molecule has 0 fully saturated rings. The summed E-state index contributed by atoms with van der Waals surface area (Å²) in [4.78, 5) is 11.6. The first-order valence-electron chi connectivity index (χ1n) is 6.30. The van der Waals surface area contributed by atoms with E-state index in [-0.39, 0.29) is 29.8 Å². The van der Waals surface area contributed by atoms with Gasteiger partial charge in [0.05, 0.1) is 0 Å². The third-order valence-electron chi connectivity index (χ3n) is 2.89. The Hall–Kier alpha value is -2.12. The van der Waals surface area contributed by atoms with Gasteiger partial charge in [-0.2, -0.15) is 0 Å². The van der Waals surface area contributed by atoms with Gasteiger partial charge >= 0.3 is 0 Å². The monoisotopic (exact) mass is 311 g/mol. The van der Waals surface area contributed by atoms with Crippen molar-refractivity contribution in [3.05, 3.63) is 41.1 Å². The van der Waals surface area contributed by atoms with E-state index >= 15 is 0 Å². The van der Waals surface area contributed by atoms with E-state index in [4.69, 9.17) is 5.73 Å². The van der Waals surface area contributed by atoms with Crippen molar-refractivity contribution < 1.29 is 9.42 Å². The second-order valence-electron chi connectivity index (χ2n) is 4.36. The van der Waals surface area contributed by atoms with E-state index in [1.54, 1.807) is 0 Å². The van der Waals surface area contributed by atoms with E-state index in [0.717, 1.165) is 6.54 Å². The van der Waals surface area contributed by atoms with Gasteiger partial charge in [0.1, 0.15) is 0 Å². The fourth-order valence-electron chi connectivity index (χ4n) is 1.73. The lowest BCUT2D eigenvalue weighted by atomic mass is 10.1. The molecule has 0 spiro atoms. The number of anilines is 1. The fourth-order valence-corrected chi connectivity index (χ4v) is 1.73. The lowest BCUT2D eigenvalue weighted by molar-refractivity contribution is 0.0944. The number of hydrogen-bond acceptors (Lipinski definition) is 6. The highest BCUT2D eigenvalue weighted by molar-refractivity contribution is 5.95. The van der Waals surface area contributed by atoms with Crippen LogP contribution in [0.1, 0.15) is 21.6 Å². The second-order valence-corrected chi connectivity index (χ2v) is 4.36. The summed E-state index contributed by atoms with van der Waals surface area (Å²) in [6.45, 7) is 3.94. The van der Waals surface area contributed by atoms with Crippen LogP contribution in [0.3, 0.4) is 0 Å². The van der Waals surface area contributed by atoms with Crippen molar-refractivity contribution in [2.24, 2.45) is 0 Å². The molecule has 1 amide bonds. The number of nitrogens with one attached hydrogen (secondary N) is 2. The van der Waals surface area contributed by atoms with Gasteiger partial charge in [-0.1, -0.05) is 24.3 Å². The first-order chi connectivity index (χ1) is 9.68. The molecule has 0 atom stereocenters.